The molecule has 4 heteroatoms. The van der Waals surface area contributed by atoms with Crippen LogP contribution in [0.4, 0.5) is 0 Å². The smallest absolute Gasteiger partial charge is 0.111 e. The predicted octanol–water partition coefficient (Wildman–Crippen LogP) is 0.227. The lowest BCUT2D eigenvalue weighted by atomic mass is 10.1. The zero-order valence-corrected chi connectivity index (χ0v) is 9.89. The second-order valence-corrected chi connectivity index (χ2v) is 4.00. The third-order valence-corrected chi connectivity index (χ3v) is 3.23. The van der Waals surface area contributed by atoms with Gasteiger partial charge >= 0.3 is 0 Å². The van der Waals surface area contributed by atoms with Crippen LogP contribution >= 0.6 is 0 Å². The number of aliphatic hydroxyl groups is 2. The van der Waals surface area contributed by atoms with Crippen molar-refractivity contribution < 1.29 is 14.9 Å². The maximum Gasteiger partial charge on any atom is 0.111 e. The molecule has 4 atom stereocenters. The Bertz CT molecular complexity index is 185. The van der Waals surface area contributed by atoms with Crippen molar-refractivity contribution in [1.82, 2.24) is 4.90 Å². The van der Waals surface area contributed by atoms with E-state index in [4.69, 9.17) is 4.74 Å². The Morgan fingerprint density at radius 1 is 1.20 bits per heavy atom. The lowest BCUT2D eigenvalue weighted by Gasteiger charge is -2.29. The minimum absolute atomic E-state index is 0.0338. The molecule has 0 saturated heterocycles. The van der Waals surface area contributed by atoms with Gasteiger partial charge in [-0.25, -0.2) is 0 Å². The summed E-state index contributed by atoms with van der Waals surface area (Å²) in [6, 6.07) is 0.0338. The second-order valence-electron chi connectivity index (χ2n) is 4.00. The Labute approximate surface area is 91.8 Å². The topological polar surface area (TPSA) is 52.9 Å². The maximum absolute atomic E-state index is 10.1. The van der Waals surface area contributed by atoms with E-state index in [1.54, 1.807) is 0 Å². The van der Waals surface area contributed by atoms with Crippen LogP contribution in [0, 0.1) is 0 Å². The van der Waals surface area contributed by atoms with Crippen molar-refractivity contribution in [3.05, 3.63) is 0 Å². The van der Waals surface area contributed by atoms with Gasteiger partial charge in [0.25, 0.3) is 0 Å². The van der Waals surface area contributed by atoms with E-state index in [0.717, 1.165) is 13.1 Å². The van der Waals surface area contributed by atoms with E-state index in [1.807, 2.05) is 6.92 Å². The molecule has 0 aromatic carbocycles. The summed E-state index contributed by atoms with van der Waals surface area (Å²) in [6.07, 6.45) is -0.918. The summed E-state index contributed by atoms with van der Waals surface area (Å²) in [5, 5.41) is 19.8. The lowest BCUT2D eigenvalue weighted by Crippen LogP contribution is -2.44. The minimum Gasteiger partial charge on any atom is -0.390 e. The quantitative estimate of drug-likeness (QED) is 0.692. The predicted molar refractivity (Wildman–Crippen MR) is 58.8 cm³/mol. The molecule has 0 radical (unpaired) electrons. The zero-order chi connectivity index (χ0) is 11.4. The molecule has 0 aromatic rings. The summed E-state index contributed by atoms with van der Waals surface area (Å²) in [5.74, 6) is 0. The number of hydrogen-bond donors (Lipinski definition) is 2. The summed E-state index contributed by atoms with van der Waals surface area (Å²) < 4.78 is 5.37. The SMILES string of the molecule is CCO[C@@H]1[C@@H](O)[C@H](N(CC)CC)C[C@H]1O. The van der Waals surface area contributed by atoms with Gasteiger partial charge in [0.05, 0.1) is 12.2 Å². The molecular formula is C11H23NO3. The molecule has 0 aromatic heterocycles. The van der Waals surface area contributed by atoms with Gasteiger partial charge < -0.3 is 14.9 Å². The molecule has 15 heavy (non-hydrogen) atoms. The number of nitrogens with zero attached hydrogens (tertiary/aromatic N) is 1. The zero-order valence-electron chi connectivity index (χ0n) is 9.89. The van der Waals surface area contributed by atoms with Crippen molar-refractivity contribution >= 4 is 0 Å². The summed E-state index contributed by atoms with van der Waals surface area (Å²) in [5.41, 5.74) is 0. The normalized spacial score (nSPS) is 36.4. The first-order valence-corrected chi connectivity index (χ1v) is 5.87. The van der Waals surface area contributed by atoms with Crippen LogP contribution in [-0.4, -0.2) is 59.2 Å². The van der Waals surface area contributed by atoms with Crippen LogP contribution in [0.3, 0.4) is 0 Å². The molecule has 0 aliphatic heterocycles. The van der Waals surface area contributed by atoms with E-state index >= 15 is 0 Å². The molecule has 1 aliphatic rings. The highest BCUT2D eigenvalue weighted by atomic mass is 16.5. The van der Waals surface area contributed by atoms with Gasteiger partial charge in [0.1, 0.15) is 6.10 Å². The molecule has 1 rings (SSSR count). The van der Waals surface area contributed by atoms with Crippen molar-refractivity contribution in [3.63, 3.8) is 0 Å². The molecule has 0 unspecified atom stereocenters. The summed E-state index contributed by atoms with van der Waals surface area (Å²) >= 11 is 0. The molecule has 1 aliphatic carbocycles. The number of rotatable bonds is 5. The van der Waals surface area contributed by atoms with Crippen molar-refractivity contribution in [3.8, 4) is 0 Å². The Hall–Kier alpha value is -0.160. The summed E-state index contributed by atoms with van der Waals surface area (Å²) in [6.45, 7) is 8.33. The highest BCUT2D eigenvalue weighted by Gasteiger charge is 2.44. The number of ether oxygens (including phenoxy) is 1. The molecule has 4 nitrogen and oxygen atoms in total. The van der Waals surface area contributed by atoms with E-state index in [9.17, 15) is 10.2 Å². The molecule has 1 saturated carbocycles. The fourth-order valence-electron chi connectivity index (χ4n) is 2.43. The van der Waals surface area contributed by atoms with Gasteiger partial charge in [0, 0.05) is 12.6 Å². The fraction of sp³-hybridized carbons (Fsp3) is 1.00. The third-order valence-electron chi connectivity index (χ3n) is 3.23. The lowest BCUT2D eigenvalue weighted by molar-refractivity contribution is -0.0726. The fourth-order valence-corrected chi connectivity index (χ4v) is 2.43. The van der Waals surface area contributed by atoms with Gasteiger partial charge in [-0.05, 0) is 26.4 Å². The van der Waals surface area contributed by atoms with Crippen molar-refractivity contribution in [2.24, 2.45) is 0 Å². The number of aliphatic hydroxyl groups excluding tert-OH is 2. The molecular weight excluding hydrogens is 194 g/mol. The number of likely N-dealkylation sites (N-methyl/N-ethyl adjacent to an activating group) is 1. The van der Waals surface area contributed by atoms with Crippen molar-refractivity contribution in [1.29, 1.82) is 0 Å². The van der Waals surface area contributed by atoms with Crippen molar-refractivity contribution in [2.75, 3.05) is 19.7 Å². The molecule has 1 fully saturated rings. The molecule has 0 amide bonds. The van der Waals surface area contributed by atoms with Crippen LogP contribution < -0.4 is 0 Å². The van der Waals surface area contributed by atoms with Crippen LogP contribution in [0.1, 0.15) is 27.2 Å². The summed E-state index contributed by atoms with van der Waals surface area (Å²) in [7, 11) is 0. The van der Waals surface area contributed by atoms with Crippen molar-refractivity contribution in [2.45, 2.75) is 51.5 Å². The Morgan fingerprint density at radius 3 is 2.27 bits per heavy atom. The molecule has 90 valence electrons. The molecule has 2 N–H and O–H groups in total. The van der Waals surface area contributed by atoms with Gasteiger partial charge in [-0.2, -0.15) is 0 Å². The van der Waals surface area contributed by atoms with E-state index < -0.39 is 18.3 Å². The Kier molecular flexibility index (Phi) is 4.99. The first-order valence-electron chi connectivity index (χ1n) is 5.87. The van der Waals surface area contributed by atoms with E-state index in [2.05, 4.69) is 18.7 Å². The molecule has 0 heterocycles. The highest BCUT2D eigenvalue weighted by molar-refractivity contribution is 4.97. The van der Waals surface area contributed by atoms with Crippen LogP contribution in [0.15, 0.2) is 0 Å². The van der Waals surface area contributed by atoms with E-state index in [1.165, 1.54) is 0 Å². The number of hydrogen-bond acceptors (Lipinski definition) is 4. The van der Waals surface area contributed by atoms with Crippen LogP contribution in [-0.2, 0) is 4.74 Å². The summed E-state index contributed by atoms with van der Waals surface area (Å²) in [4.78, 5) is 2.17. The second kappa shape index (κ2) is 5.80. The standard InChI is InChI=1S/C11H23NO3/c1-4-12(5-2)8-7-9(13)11(10(8)14)15-6-3/h8-11,13-14H,4-7H2,1-3H3/t8-,9-,10+,11+/m1/s1. The Morgan fingerprint density at radius 2 is 1.80 bits per heavy atom. The van der Waals surface area contributed by atoms with Gasteiger partial charge in [-0.1, -0.05) is 13.8 Å². The van der Waals surface area contributed by atoms with Gasteiger partial charge in [0.15, 0.2) is 0 Å². The van der Waals surface area contributed by atoms with Crippen LogP contribution in [0.25, 0.3) is 0 Å². The molecule has 0 spiro atoms. The highest BCUT2D eigenvalue weighted by Crippen LogP contribution is 2.27. The van der Waals surface area contributed by atoms with E-state index in [0.29, 0.717) is 13.0 Å². The average molecular weight is 217 g/mol. The largest absolute Gasteiger partial charge is 0.390 e. The van der Waals surface area contributed by atoms with Crippen LogP contribution in [0.5, 0.6) is 0 Å². The monoisotopic (exact) mass is 217 g/mol. The van der Waals surface area contributed by atoms with Gasteiger partial charge in [0.2, 0.25) is 0 Å². The van der Waals surface area contributed by atoms with E-state index in [-0.39, 0.29) is 6.04 Å². The molecule has 0 bridgehead atoms. The maximum atomic E-state index is 10.1. The third kappa shape index (κ3) is 2.69. The van der Waals surface area contributed by atoms with Gasteiger partial charge in [-0.15, -0.1) is 0 Å². The van der Waals surface area contributed by atoms with Gasteiger partial charge in [-0.3, -0.25) is 4.90 Å². The first-order chi connectivity index (χ1) is 7.15. The average Bonchev–Trinajstić information content (AvgIpc) is 2.49. The Balaban J connectivity index is 2.62. The minimum atomic E-state index is -0.570. The van der Waals surface area contributed by atoms with Crippen LogP contribution in [0.2, 0.25) is 0 Å². The first kappa shape index (κ1) is 12.9.